The molecule has 1 aliphatic rings. The van der Waals surface area contributed by atoms with Crippen molar-refractivity contribution in [3.63, 3.8) is 0 Å². The molecule has 2 aromatic carbocycles. The van der Waals surface area contributed by atoms with Crippen LogP contribution in [0.2, 0.25) is 0 Å². The first-order valence-electron chi connectivity index (χ1n) is 8.42. The van der Waals surface area contributed by atoms with E-state index in [1.54, 1.807) is 12.1 Å². The van der Waals surface area contributed by atoms with E-state index in [2.05, 4.69) is 15.4 Å². The Kier molecular flexibility index (Phi) is 5.28. The maximum Gasteiger partial charge on any atom is 0.573 e. The third-order valence-electron chi connectivity index (χ3n) is 4.42. The molecule has 0 saturated heterocycles. The van der Waals surface area contributed by atoms with Crippen LogP contribution in [0.1, 0.15) is 17.5 Å². The van der Waals surface area contributed by atoms with Crippen molar-refractivity contribution < 1.29 is 32.6 Å². The number of carbonyl (C=O) groups excluding carboxylic acids is 2. The van der Waals surface area contributed by atoms with Gasteiger partial charge in [-0.3, -0.25) is 9.59 Å². The number of rotatable bonds is 4. The zero-order chi connectivity index (χ0) is 20.4. The van der Waals surface area contributed by atoms with Gasteiger partial charge in [-0.2, -0.15) is 0 Å². The van der Waals surface area contributed by atoms with Gasteiger partial charge in [-0.05, 0) is 48.2 Å². The molecule has 3 rings (SSSR count). The molecule has 0 bridgehead atoms. The van der Waals surface area contributed by atoms with Gasteiger partial charge >= 0.3 is 18.2 Å². The number of fused-ring (bicyclic) bond motifs is 1. The second-order valence-corrected chi connectivity index (χ2v) is 6.40. The molecule has 148 valence electrons. The summed E-state index contributed by atoms with van der Waals surface area (Å²) in [6.07, 6.45) is -3.72. The number of anilines is 1. The van der Waals surface area contributed by atoms with Gasteiger partial charge < -0.3 is 20.5 Å². The number of hydrogen-bond donors (Lipinski definition) is 3. The number of nitrogens with one attached hydrogen (secondary N) is 2. The van der Waals surface area contributed by atoms with E-state index in [9.17, 15) is 27.9 Å². The molecule has 2 aromatic rings. The lowest BCUT2D eigenvalue weighted by atomic mass is 9.96. The lowest BCUT2D eigenvalue weighted by Gasteiger charge is -2.24. The van der Waals surface area contributed by atoms with Crippen LogP contribution in [0.4, 0.5) is 18.9 Å². The molecule has 28 heavy (non-hydrogen) atoms. The minimum Gasteiger partial charge on any atom is -0.406 e. The summed E-state index contributed by atoms with van der Waals surface area (Å²) in [5, 5.41) is 15.4. The number of carbonyl (C=O) groups is 2. The largest absolute Gasteiger partial charge is 0.573 e. The summed E-state index contributed by atoms with van der Waals surface area (Å²) in [6.45, 7) is -0.130. The van der Waals surface area contributed by atoms with Crippen LogP contribution in [0, 0.1) is 0 Å². The van der Waals surface area contributed by atoms with Gasteiger partial charge in [0, 0.05) is 5.69 Å². The average molecular weight is 394 g/mol. The van der Waals surface area contributed by atoms with E-state index in [0.29, 0.717) is 12.8 Å². The smallest absolute Gasteiger partial charge is 0.406 e. The highest BCUT2D eigenvalue weighted by Gasteiger charge is 2.37. The lowest BCUT2D eigenvalue weighted by molar-refractivity contribution is -0.274. The van der Waals surface area contributed by atoms with Crippen LogP contribution in [-0.2, 0) is 21.6 Å². The Morgan fingerprint density at radius 3 is 2.43 bits per heavy atom. The van der Waals surface area contributed by atoms with Crippen LogP contribution in [0.3, 0.4) is 0 Å². The Hall–Kier alpha value is -3.07. The van der Waals surface area contributed by atoms with Gasteiger partial charge in [0.2, 0.25) is 0 Å². The molecule has 0 unspecified atom stereocenters. The van der Waals surface area contributed by atoms with Crippen molar-refractivity contribution in [3.05, 3.63) is 59.7 Å². The van der Waals surface area contributed by atoms with Gasteiger partial charge in [0.15, 0.2) is 0 Å². The predicted molar refractivity (Wildman–Crippen MR) is 93.4 cm³/mol. The van der Waals surface area contributed by atoms with Gasteiger partial charge in [-0.25, -0.2) is 0 Å². The van der Waals surface area contributed by atoms with Crippen molar-refractivity contribution in [1.82, 2.24) is 5.32 Å². The number of alkyl halides is 3. The van der Waals surface area contributed by atoms with E-state index in [1.807, 2.05) is 12.1 Å². The molecule has 0 aromatic heterocycles. The molecule has 1 aliphatic carbocycles. The number of aryl methyl sites for hydroxylation is 1. The average Bonchev–Trinajstić information content (AvgIpc) is 2.98. The standard InChI is InChI=1S/C19H17F3N2O4/c20-19(21,22)28-14-7-5-13(6-8-14)24-17(26)16(25)23-11-18(27)10-9-12-3-1-2-4-15(12)18/h1-8,27H,9-11H2,(H,23,25)(H,24,26)/t18-/m1/s1. The summed E-state index contributed by atoms with van der Waals surface area (Å²) >= 11 is 0. The summed E-state index contributed by atoms with van der Waals surface area (Å²) in [4.78, 5) is 24.0. The summed E-state index contributed by atoms with van der Waals surface area (Å²) in [5.41, 5.74) is 0.587. The SMILES string of the molecule is O=C(NC[C@]1(O)CCc2ccccc21)C(=O)Nc1ccc(OC(F)(F)F)cc1. The van der Waals surface area contributed by atoms with Crippen molar-refractivity contribution in [2.75, 3.05) is 11.9 Å². The van der Waals surface area contributed by atoms with Crippen LogP contribution < -0.4 is 15.4 Å². The van der Waals surface area contributed by atoms with Crippen molar-refractivity contribution in [2.45, 2.75) is 24.8 Å². The molecular weight excluding hydrogens is 377 g/mol. The van der Waals surface area contributed by atoms with Crippen molar-refractivity contribution in [1.29, 1.82) is 0 Å². The Morgan fingerprint density at radius 2 is 1.75 bits per heavy atom. The molecule has 0 radical (unpaired) electrons. The highest BCUT2D eigenvalue weighted by molar-refractivity contribution is 6.39. The highest BCUT2D eigenvalue weighted by Crippen LogP contribution is 2.36. The van der Waals surface area contributed by atoms with E-state index in [1.165, 1.54) is 12.1 Å². The summed E-state index contributed by atoms with van der Waals surface area (Å²) < 4.78 is 40.1. The monoisotopic (exact) mass is 394 g/mol. The van der Waals surface area contributed by atoms with E-state index in [4.69, 9.17) is 0 Å². The van der Waals surface area contributed by atoms with Gasteiger partial charge in [0.1, 0.15) is 11.4 Å². The minimum absolute atomic E-state index is 0.125. The molecule has 2 amide bonds. The highest BCUT2D eigenvalue weighted by atomic mass is 19.4. The zero-order valence-corrected chi connectivity index (χ0v) is 14.5. The maximum atomic E-state index is 12.1. The zero-order valence-electron chi connectivity index (χ0n) is 14.5. The Morgan fingerprint density at radius 1 is 1.07 bits per heavy atom. The van der Waals surface area contributed by atoms with Gasteiger partial charge in [-0.1, -0.05) is 24.3 Å². The molecule has 6 nitrogen and oxygen atoms in total. The summed E-state index contributed by atoms with van der Waals surface area (Å²) in [5.74, 6) is -2.41. The second kappa shape index (κ2) is 7.51. The van der Waals surface area contributed by atoms with E-state index in [-0.39, 0.29) is 12.2 Å². The van der Waals surface area contributed by atoms with E-state index in [0.717, 1.165) is 23.3 Å². The van der Waals surface area contributed by atoms with E-state index < -0.39 is 29.5 Å². The molecule has 0 aliphatic heterocycles. The molecular formula is C19H17F3N2O4. The Bertz CT molecular complexity index is 883. The van der Waals surface area contributed by atoms with Crippen LogP contribution in [0.5, 0.6) is 5.75 Å². The predicted octanol–water partition coefficient (Wildman–Crippen LogP) is 2.47. The molecule has 0 spiro atoms. The normalized spacial score (nSPS) is 18.3. The summed E-state index contributed by atoms with van der Waals surface area (Å²) in [7, 11) is 0. The van der Waals surface area contributed by atoms with E-state index >= 15 is 0 Å². The van der Waals surface area contributed by atoms with Gasteiger partial charge in [0.25, 0.3) is 0 Å². The number of halogens is 3. The first kappa shape index (κ1) is 19.7. The van der Waals surface area contributed by atoms with Crippen LogP contribution >= 0.6 is 0 Å². The van der Waals surface area contributed by atoms with Crippen LogP contribution in [-0.4, -0.2) is 29.8 Å². The third-order valence-corrected chi connectivity index (χ3v) is 4.42. The molecule has 0 fully saturated rings. The van der Waals surface area contributed by atoms with Crippen LogP contribution in [0.25, 0.3) is 0 Å². The van der Waals surface area contributed by atoms with Gasteiger partial charge in [0.05, 0.1) is 6.54 Å². The summed E-state index contributed by atoms with van der Waals surface area (Å²) in [6, 6.07) is 11.7. The number of hydrogen-bond acceptors (Lipinski definition) is 4. The number of benzene rings is 2. The fourth-order valence-electron chi connectivity index (χ4n) is 3.09. The molecule has 1 atom stereocenters. The topological polar surface area (TPSA) is 87.7 Å². The molecule has 0 saturated carbocycles. The first-order valence-corrected chi connectivity index (χ1v) is 8.42. The van der Waals surface area contributed by atoms with Crippen molar-refractivity contribution in [3.8, 4) is 5.75 Å². The van der Waals surface area contributed by atoms with Crippen molar-refractivity contribution in [2.24, 2.45) is 0 Å². The minimum atomic E-state index is -4.82. The fraction of sp³-hybridized carbons (Fsp3) is 0.263. The third kappa shape index (κ3) is 4.61. The number of amides is 2. The fourth-order valence-corrected chi connectivity index (χ4v) is 3.09. The Labute approximate surface area is 158 Å². The number of ether oxygens (including phenoxy) is 1. The Balaban J connectivity index is 1.55. The number of aliphatic hydroxyl groups is 1. The molecule has 0 heterocycles. The van der Waals surface area contributed by atoms with Gasteiger partial charge in [-0.15, -0.1) is 13.2 Å². The molecule has 3 N–H and O–H groups in total. The first-order chi connectivity index (χ1) is 13.2. The maximum absolute atomic E-state index is 12.1. The lowest BCUT2D eigenvalue weighted by Crippen LogP contribution is -2.43. The quantitative estimate of drug-likeness (QED) is 0.696. The van der Waals surface area contributed by atoms with Crippen molar-refractivity contribution >= 4 is 17.5 Å². The second-order valence-electron chi connectivity index (χ2n) is 6.40. The van der Waals surface area contributed by atoms with Crippen LogP contribution in [0.15, 0.2) is 48.5 Å². The molecule has 9 heteroatoms.